The van der Waals surface area contributed by atoms with E-state index in [4.69, 9.17) is 4.98 Å². The lowest BCUT2D eigenvalue weighted by molar-refractivity contribution is 0.580. The maximum atomic E-state index is 12.5. The number of hydrogen-bond donors (Lipinski definition) is 0. The van der Waals surface area contributed by atoms with Crippen LogP contribution in [0.4, 0.5) is 0 Å². The number of aromatic nitrogens is 4. The lowest BCUT2D eigenvalue weighted by Crippen LogP contribution is -2.13. The van der Waals surface area contributed by atoms with E-state index in [1.165, 1.54) is 6.20 Å². The average Bonchev–Trinajstić information content (AvgIpc) is 2.97. The first-order chi connectivity index (χ1) is 12.4. The predicted octanol–water partition coefficient (Wildman–Crippen LogP) is 3.26. The van der Waals surface area contributed by atoms with E-state index in [1.54, 1.807) is 24.4 Å². The molecule has 0 aromatic carbocycles. The highest BCUT2D eigenvalue weighted by Gasteiger charge is 2.18. The smallest absolute Gasteiger partial charge is 0.195 e. The van der Waals surface area contributed by atoms with Gasteiger partial charge in [0.05, 0.1) is 17.5 Å². The molecule has 3 heterocycles. The molecule has 0 unspecified atom stereocenters. The second-order valence-corrected chi connectivity index (χ2v) is 8.53. The molecule has 0 aliphatic rings. The molecule has 0 aliphatic heterocycles. The van der Waals surface area contributed by atoms with Crippen LogP contribution in [0.3, 0.4) is 0 Å². The Morgan fingerprint density at radius 2 is 1.96 bits per heavy atom. The molecule has 0 saturated carbocycles. The van der Waals surface area contributed by atoms with Gasteiger partial charge in [0, 0.05) is 24.9 Å². The summed E-state index contributed by atoms with van der Waals surface area (Å²) in [7, 11) is -3.37. The van der Waals surface area contributed by atoms with Crippen LogP contribution in [0.2, 0.25) is 0 Å². The number of imidazole rings is 1. The van der Waals surface area contributed by atoms with Gasteiger partial charge in [-0.25, -0.2) is 18.4 Å². The minimum atomic E-state index is -3.37. The molecule has 138 valence electrons. The Balaban J connectivity index is 1.86. The third-order valence-electron chi connectivity index (χ3n) is 4.58. The van der Waals surface area contributed by atoms with Crippen molar-refractivity contribution >= 4 is 20.9 Å². The van der Waals surface area contributed by atoms with Gasteiger partial charge in [-0.15, -0.1) is 0 Å². The second-order valence-electron chi connectivity index (χ2n) is 6.47. The third-order valence-corrected chi connectivity index (χ3v) is 6.28. The van der Waals surface area contributed by atoms with Crippen molar-refractivity contribution in [2.45, 2.75) is 51.6 Å². The molecule has 0 bridgehead atoms. The molecule has 0 saturated heterocycles. The zero-order valence-corrected chi connectivity index (χ0v) is 16.3. The Labute approximate surface area is 154 Å². The number of rotatable bonds is 7. The van der Waals surface area contributed by atoms with Gasteiger partial charge in [0.1, 0.15) is 11.3 Å². The van der Waals surface area contributed by atoms with Crippen LogP contribution < -0.4 is 0 Å². The minimum Gasteiger partial charge on any atom is -0.328 e. The largest absolute Gasteiger partial charge is 0.328 e. The molecular weight excluding hydrogens is 348 g/mol. The normalized spacial score (nSPS) is 12.0. The van der Waals surface area contributed by atoms with E-state index in [0.717, 1.165) is 41.0 Å². The summed E-state index contributed by atoms with van der Waals surface area (Å²) in [5.74, 6) is 1.06. The van der Waals surface area contributed by atoms with Crippen molar-refractivity contribution in [2.75, 3.05) is 5.75 Å². The van der Waals surface area contributed by atoms with Gasteiger partial charge < -0.3 is 4.57 Å². The first-order valence-corrected chi connectivity index (χ1v) is 10.5. The molecule has 0 aliphatic carbocycles. The Hall–Kier alpha value is -2.28. The molecule has 3 aromatic heterocycles. The predicted molar refractivity (Wildman–Crippen MR) is 102 cm³/mol. The van der Waals surface area contributed by atoms with E-state index in [1.807, 2.05) is 13.8 Å². The number of fused-ring (bicyclic) bond motifs is 1. The number of nitrogens with zero attached hydrogens (tertiary/aromatic N) is 4. The van der Waals surface area contributed by atoms with Gasteiger partial charge in [-0.3, -0.25) is 4.98 Å². The first kappa shape index (κ1) is 18.5. The summed E-state index contributed by atoms with van der Waals surface area (Å²) in [5.41, 5.74) is 4.02. The lowest BCUT2D eigenvalue weighted by Gasteiger charge is -2.11. The maximum Gasteiger partial charge on any atom is 0.195 e. The van der Waals surface area contributed by atoms with Crippen molar-refractivity contribution in [3.8, 4) is 0 Å². The SMILES string of the molecule is CCCc1nc2cnc(C)c(C)c2n1CCCS(=O)(=O)c1ccccn1. The maximum absolute atomic E-state index is 12.5. The molecule has 3 rings (SSSR count). The highest BCUT2D eigenvalue weighted by Crippen LogP contribution is 2.23. The number of hydrogen-bond acceptors (Lipinski definition) is 5. The molecule has 3 aromatic rings. The van der Waals surface area contributed by atoms with Crippen molar-refractivity contribution in [1.29, 1.82) is 0 Å². The van der Waals surface area contributed by atoms with Crippen LogP contribution >= 0.6 is 0 Å². The quantitative estimate of drug-likeness (QED) is 0.636. The van der Waals surface area contributed by atoms with Crippen LogP contribution in [0.5, 0.6) is 0 Å². The molecule has 0 atom stereocenters. The molecule has 26 heavy (non-hydrogen) atoms. The van der Waals surface area contributed by atoms with Gasteiger partial charge in [-0.1, -0.05) is 13.0 Å². The highest BCUT2D eigenvalue weighted by molar-refractivity contribution is 7.91. The summed E-state index contributed by atoms with van der Waals surface area (Å²) in [4.78, 5) is 13.1. The molecule has 0 spiro atoms. The number of sulfone groups is 1. The van der Waals surface area contributed by atoms with Crippen LogP contribution in [-0.4, -0.2) is 33.7 Å². The summed E-state index contributed by atoms with van der Waals surface area (Å²) in [6.45, 7) is 6.76. The topological polar surface area (TPSA) is 77.7 Å². The molecule has 7 heteroatoms. The fourth-order valence-corrected chi connectivity index (χ4v) is 4.36. The van der Waals surface area contributed by atoms with Gasteiger partial charge >= 0.3 is 0 Å². The minimum absolute atomic E-state index is 0.0678. The highest BCUT2D eigenvalue weighted by atomic mass is 32.2. The van der Waals surface area contributed by atoms with E-state index < -0.39 is 9.84 Å². The summed E-state index contributed by atoms with van der Waals surface area (Å²) in [5, 5.41) is 0.139. The summed E-state index contributed by atoms with van der Waals surface area (Å²) >= 11 is 0. The van der Waals surface area contributed by atoms with E-state index in [2.05, 4.69) is 21.5 Å². The molecule has 0 amide bonds. The number of aryl methyl sites for hydroxylation is 4. The van der Waals surface area contributed by atoms with Crippen molar-refractivity contribution in [2.24, 2.45) is 0 Å². The monoisotopic (exact) mass is 372 g/mol. The van der Waals surface area contributed by atoms with E-state index >= 15 is 0 Å². The fourth-order valence-electron chi connectivity index (χ4n) is 3.13. The second kappa shape index (κ2) is 7.53. The van der Waals surface area contributed by atoms with E-state index in [9.17, 15) is 8.42 Å². The first-order valence-electron chi connectivity index (χ1n) is 8.89. The van der Waals surface area contributed by atoms with Gasteiger partial charge in [0.25, 0.3) is 0 Å². The van der Waals surface area contributed by atoms with Crippen LogP contribution in [-0.2, 0) is 22.8 Å². The van der Waals surface area contributed by atoms with Crippen molar-refractivity contribution in [1.82, 2.24) is 19.5 Å². The standard InChI is InChI=1S/C19H24N4O2S/c1-4-8-17-22-16-13-21-15(3)14(2)19(16)23(17)11-7-12-26(24,25)18-9-5-6-10-20-18/h5-6,9-10,13H,4,7-8,11-12H2,1-3H3. The lowest BCUT2D eigenvalue weighted by atomic mass is 10.2. The molecule has 0 fully saturated rings. The van der Waals surface area contributed by atoms with Crippen LogP contribution in [0.15, 0.2) is 35.6 Å². The Morgan fingerprint density at radius 1 is 1.15 bits per heavy atom. The molecule has 0 N–H and O–H groups in total. The van der Waals surface area contributed by atoms with E-state index in [-0.39, 0.29) is 10.8 Å². The van der Waals surface area contributed by atoms with Crippen molar-refractivity contribution < 1.29 is 8.42 Å². The summed E-state index contributed by atoms with van der Waals surface area (Å²) in [6.07, 6.45) is 5.68. The Morgan fingerprint density at radius 3 is 2.65 bits per heavy atom. The number of pyridine rings is 2. The summed E-state index contributed by atoms with van der Waals surface area (Å²) in [6, 6.07) is 4.96. The van der Waals surface area contributed by atoms with Gasteiger partial charge in [-0.2, -0.15) is 0 Å². The van der Waals surface area contributed by atoms with Gasteiger partial charge in [-0.05, 0) is 44.4 Å². The van der Waals surface area contributed by atoms with Crippen LogP contribution in [0.25, 0.3) is 11.0 Å². The fraction of sp³-hybridized carbons (Fsp3) is 0.421. The summed E-state index contributed by atoms with van der Waals surface area (Å²) < 4.78 is 27.1. The Kier molecular flexibility index (Phi) is 5.36. The van der Waals surface area contributed by atoms with Crippen LogP contribution in [0.1, 0.15) is 36.8 Å². The van der Waals surface area contributed by atoms with Gasteiger partial charge in [0.15, 0.2) is 14.9 Å². The zero-order valence-electron chi connectivity index (χ0n) is 15.4. The molecule has 6 nitrogen and oxygen atoms in total. The Bertz CT molecular complexity index is 1010. The molecular formula is C19H24N4O2S. The van der Waals surface area contributed by atoms with Crippen LogP contribution in [0, 0.1) is 13.8 Å². The zero-order chi connectivity index (χ0) is 18.7. The third kappa shape index (κ3) is 3.62. The van der Waals surface area contributed by atoms with Crippen molar-refractivity contribution in [3.05, 3.63) is 47.7 Å². The van der Waals surface area contributed by atoms with Gasteiger partial charge in [0.2, 0.25) is 0 Å². The van der Waals surface area contributed by atoms with E-state index in [0.29, 0.717) is 13.0 Å². The van der Waals surface area contributed by atoms with Crippen molar-refractivity contribution in [3.63, 3.8) is 0 Å². The average molecular weight is 372 g/mol. The molecule has 0 radical (unpaired) electrons.